The number of hydrogen-bond donors (Lipinski definition) is 2. The molecule has 2 heterocycles. The average molecular weight is 346 g/mol. The molecule has 0 aliphatic rings. The van der Waals surface area contributed by atoms with E-state index in [1.165, 1.54) is 6.92 Å². The molecule has 0 saturated heterocycles. The maximum Gasteiger partial charge on any atom is 0.299 e. The molecule has 3 aromatic rings. The van der Waals surface area contributed by atoms with Crippen LogP contribution in [0.25, 0.3) is 5.65 Å². The van der Waals surface area contributed by atoms with Crippen LogP contribution in [0.5, 0.6) is 0 Å². The highest BCUT2D eigenvalue weighted by atomic mass is 19.3. The number of carbonyl (C=O) groups is 1. The zero-order chi connectivity index (χ0) is 18.1. The van der Waals surface area contributed by atoms with Gasteiger partial charge in [-0.2, -0.15) is 4.52 Å². The van der Waals surface area contributed by atoms with Crippen LogP contribution >= 0.6 is 0 Å². The van der Waals surface area contributed by atoms with Crippen molar-refractivity contribution in [2.24, 2.45) is 0 Å². The second kappa shape index (κ2) is 6.42. The summed E-state index contributed by atoms with van der Waals surface area (Å²) in [5, 5.41) is 17.1. The van der Waals surface area contributed by atoms with E-state index in [4.69, 9.17) is 0 Å². The molecular formula is C16H16F2N6O. The molecule has 3 rings (SSSR count). The van der Waals surface area contributed by atoms with E-state index >= 15 is 0 Å². The Hall–Kier alpha value is -3.10. The SMILES string of the molecule is CC(=O)Nc1c(C)cc(Nc2ccc3nnc(C(F)F)n3n2)cc1C. The van der Waals surface area contributed by atoms with Crippen LogP contribution in [-0.4, -0.2) is 25.7 Å². The van der Waals surface area contributed by atoms with Crippen molar-refractivity contribution in [3.8, 4) is 0 Å². The van der Waals surface area contributed by atoms with E-state index < -0.39 is 12.2 Å². The summed E-state index contributed by atoms with van der Waals surface area (Å²) in [6.45, 7) is 5.19. The summed E-state index contributed by atoms with van der Waals surface area (Å²) >= 11 is 0. The number of aryl methyl sites for hydroxylation is 2. The van der Waals surface area contributed by atoms with Crippen molar-refractivity contribution in [2.75, 3.05) is 10.6 Å². The van der Waals surface area contributed by atoms with Gasteiger partial charge in [0, 0.05) is 18.3 Å². The molecule has 0 fully saturated rings. The third-order valence-electron chi connectivity index (χ3n) is 3.59. The van der Waals surface area contributed by atoms with Crippen molar-refractivity contribution in [2.45, 2.75) is 27.2 Å². The van der Waals surface area contributed by atoms with E-state index in [1.54, 1.807) is 12.1 Å². The molecule has 0 atom stereocenters. The summed E-state index contributed by atoms with van der Waals surface area (Å²) in [5.74, 6) is -0.279. The molecule has 130 valence electrons. The number of halogens is 2. The number of rotatable bonds is 4. The summed E-state index contributed by atoms with van der Waals surface area (Å²) in [6, 6.07) is 6.86. The second-order valence-electron chi connectivity index (χ2n) is 5.64. The molecule has 0 radical (unpaired) electrons. The van der Waals surface area contributed by atoms with Crippen LogP contribution in [0.15, 0.2) is 24.3 Å². The van der Waals surface area contributed by atoms with E-state index in [1.807, 2.05) is 26.0 Å². The first-order valence-electron chi connectivity index (χ1n) is 7.51. The Balaban J connectivity index is 1.93. The third kappa shape index (κ3) is 3.39. The fraction of sp³-hybridized carbons (Fsp3) is 0.250. The van der Waals surface area contributed by atoms with Gasteiger partial charge in [-0.1, -0.05) is 0 Å². The lowest BCUT2D eigenvalue weighted by atomic mass is 10.1. The lowest BCUT2D eigenvalue weighted by Crippen LogP contribution is -2.09. The van der Waals surface area contributed by atoms with Gasteiger partial charge in [0.15, 0.2) is 11.5 Å². The van der Waals surface area contributed by atoms with Crippen LogP contribution in [0, 0.1) is 13.8 Å². The van der Waals surface area contributed by atoms with Crippen LogP contribution < -0.4 is 10.6 Å². The molecule has 1 aromatic carbocycles. The first kappa shape index (κ1) is 16.7. The van der Waals surface area contributed by atoms with Gasteiger partial charge in [0.05, 0.1) is 0 Å². The molecule has 0 spiro atoms. The van der Waals surface area contributed by atoms with Crippen LogP contribution in [0.1, 0.15) is 30.3 Å². The summed E-state index contributed by atoms with van der Waals surface area (Å²) in [5.41, 5.74) is 3.46. The van der Waals surface area contributed by atoms with Gasteiger partial charge < -0.3 is 10.6 Å². The number of amides is 1. The van der Waals surface area contributed by atoms with Crippen LogP contribution in [0.2, 0.25) is 0 Å². The molecular weight excluding hydrogens is 330 g/mol. The van der Waals surface area contributed by atoms with E-state index in [2.05, 4.69) is 25.9 Å². The van der Waals surface area contributed by atoms with Gasteiger partial charge in [0.1, 0.15) is 0 Å². The van der Waals surface area contributed by atoms with Gasteiger partial charge in [-0.15, -0.1) is 15.3 Å². The maximum absolute atomic E-state index is 12.9. The van der Waals surface area contributed by atoms with E-state index in [9.17, 15) is 13.6 Å². The molecule has 0 unspecified atom stereocenters. The minimum absolute atomic E-state index is 0.147. The fourth-order valence-corrected chi connectivity index (χ4v) is 2.56. The number of nitrogens with zero attached hydrogens (tertiary/aromatic N) is 4. The largest absolute Gasteiger partial charge is 0.339 e. The highest BCUT2D eigenvalue weighted by Crippen LogP contribution is 2.27. The number of benzene rings is 1. The summed E-state index contributed by atoms with van der Waals surface area (Å²) in [7, 11) is 0. The molecule has 9 heteroatoms. The lowest BCUT2D eigenvalue weighted by molar-refractivity contribution is -0.114. The van der Waals surface area contributed by atoms with Gasteiger partial charge in [-0.05, 0) is 49.2 Å². The van der Waals surface area contributed by atoms with E-state index in [0.29, 0.717) is 5.82 Å². The summed E-state index contributed by atoms with van der Waals surface area (Å²) in [4.78, 5) is 11.3. The Kier molecular flexibility index (Phi) is 4.30. The topological polar surface area (TPSA) is 84.2 Å². The van der Waals surface area contributed by atoms with Gasteiger partial charge in [-0.3, -0.25) is 4.79 Å². The monoisotopic (exact) mass is 346 g/mol. The Morgan fingerprint density at radius 2 is 1.84 bits per heavy atom. The molecule has 0 aliphatic heterocycles. The molecule has 2 aromatic heterocycles. The van der Waals surface area contributed by atoms with Crippen molar-refractivity contribution in [1.29, 1.82) is 0 Å². The number of fused-ring (bicyclic) bond motifs is 1. The molecule has 0 bridgehead atoms. The fourth-order valence-electron chi connectivity index (χ4n) is 2.56. The van der Waals surface area contributed by atoms with Crippen molar-refractivity contribution < 1.29 is 13.6 Å². The lowest BCUT2D eigenvalue weighted by Gasteiger charge is -2.14. The van der Waals surface area contributed by atoms with E-state index in [0.717, 1.165) is 27.0 Å². The number of aromatic nitrogens is 4. The van der Waals surface area contributed by atoms with Gasteiger partial charge >= 0.3 is 0 Å². The van der Waals surface area contributed by atoms with Crippen molar-refractivity contribution in [3.05, 3.63) is 41.2 Å². The number of nitrogens with one attached hydrogen (secondary N) is 2. The molecule has 0 aliphatic carbocycles. The quantitative estimate of drug-likeness (QED) is 0.756. The first-order valence-corrected chi connectivity index (χ1v) is 7.51. The maximum atomic E-state index is 12.9. The highest BCUT2D eigenvalue weighted by Gasteiger charge is 2.17. The minimum Gasteiger partial charge on any atom is -0.339 e. The third-order valence-corrected chi connectivity index (χ3v) is 3.59. The number of alkyl halides is 2. The molecule has 0 saturated carbocycles. The molecule has 25 heavy (non-hydrogen) atoms. The predicted molar refractivity (Wildman–Crippen MR) is 89.2 cm³/mol. The van der Waals surface area contributed by atoms with Crippen LogP contribution in [-0.2, 0) is 4.79 Å². The van der Waals surface area contributed by atoms with Gasteiger partial charge in [0.25, 0.3) is 6.43 Å². The molecule has 7 nitrogen and oxygen atoms in total. The normalized spacial score (nSPS) is 11.1. The smallest absolute Gasteiger partial charge is 0.299 e. The van der Waals surface area contributed by atoms with Crippen LogP contribution in [0.4, 0.5) is 26.0 Å². The average Bonchev–Trinajstić information content (AvgIpc) is 2.94. The number of carbonyl (C=O) groups excluding carboxylic acids is 1. The zero-order valence-corrected chi connectivity index (χ0v) is 13.8. The van der Waals surface area contributed by atoms with Crippen molar-refractivity contribution >= 4 is 28.7 Å². The van der Waals surface area contributed by atoms with E-state index in [-0.39, 0.29) is 11.6 Å². The predicted octanol–water partition coefficient (Wildman–Crippen LogP) is 3.38. The van der Waals surface area contributed by atoms with Crippen LogP contribution in [0.3, 0.4) is 0 Å². The Bertz CT molecular complexity index is 930. The number of hydrogen-bond acceptors (Lipinski definition) is 5. The summed E-state index contributed by atoms with van der Waals surface area (Å²) < 4.78 is 26.9. The Morgan fingerprint density at radius 3 is 2.44 bits per heavy atom. The van der Waals surface area contributed by atoms with Gasteiger partial charge in [0.2, 0.25) is 11.7 Å². The second-order valence-corrected chi connectivity index (χ2v) is 5.64. The molecule has 2 N–H and O–H groups in total. The van der Waals surface area contributed by atoms with Crippen molar-refractivity contribution in [1.82, 2.24) is 19.8 Å². The molecule has 1 amide bonds. The van der Waals surface area contributed by atoms with Gasteiger partial charge in [-0.25, -0.2) is 8.78 Å². The highest BCUT2D eigenvalue weighted by molar-refractivity contribution is 5.91. The first-order chi connectivity index (χ1) is 11.8. The zero-order valence-electron chi connectivity index (χ0n) is 13.8. The summed E-state index contributed by atoms with van der Waals surface area (Å²) in [6.07, 6.45) is -2.76. The standard InChI is InChI=1S/C16H16F2N6O/c1-8-6-11(7-9(2)14(8)19-10(3)25)20-12-4-5-13-21-22-16(15(17)18)24(13)23-12/h4-7,15H,1-3H3,(H,19,25)(H,20,23). The Morgan fingerprint density at radius 1 is 1.16 bits per heavy atom. The Labute approximate surface area is 142 Å². The minimum atomic E-state index is -2.76. The number of anilines is 3. The van der Waals surface area contributed by atoms with Crippen molar-refractivity contribution in [3.63, 3.8) is 0 Å².